The summed E-state index contributed by atoms with van der Waals surface area (Å²) < 4.78 is 5.30. The van der Waals surface area contributed by atoms with Crippen LogP contribution in [-0.4, -0.2) is 43.8 Å². The van der Waals surface area contributed by atoms with Crippen LogP contribution in [0.2, 0.25) is 0 Å². The molecule has 1 amide bonds. The minimum absolute atomic E-state index is 0.271. The summed E-state index contributed by atoms with van der Waals surface area (Å²) in [5.74, 6) is 0. The normalized spacial score (nSPS) is 19.8. The molecule has 90 valence electrons. The number of piperidine rings is 1. The van der Waals surface area contributed by atoms with E-state index < -0.39 is 0 Å². The fourth-order valence-electron chi connectivity index (χ4n) is 1.47. The maximum atomic E-state index is 11.0. The summed E-state index contributed by atoms with van der Waals surface area (Å²) in [4.78, 5) is 13.3. The predicted molar refractivity (Wildman–Crippen MR) is 62.0 cm³/mol. The molecule has 1 fully saturated rings. The zero-order chi connectivity index (χ0) is 11.9. The number of hydrogen-bond donors (Lipinski definition) is 1. The first-order chi connectivity index (χ1) is 7.06. The molecule has 0 unspecified atom stereocenters. The lowest BCUT2D eigenvalue weighted by molar-refractivity contribution is -0.0167. The molecule has 0 aromatic heterocycles. The maximum Gasteiger partial charge on any atom is 0.407 e. The number of nitrogens with one attached hydrogen (secondary N) is 1. The SMILES string of the molecule is CC.CNC(=O)OC1(C)CCN(C)CC1. The van der Waals surface area contributed by atoms with Crippen LogP contribution in [0.1, 0.15) is 33.6 Å². The summed E-state index contributed by atoms with van der Waals surface area (Å²) in [5, 5.41) is 2.47. The van der Waals surface area contributed by atoms with E-state index in [0.29, 0.717) is 0 Å². The van der Waals surface area contributed by atoms with Crippen molar-refractivity contribution in [2.75, 3.05) is 27.2 Å². The van der Waals surface area contributed by atoms with Gasteiger partial charge in [0.1, 0.15) is 5.60 Å². The third kappa shape index (κ3) is 5.02. The zero-order valence-corrected chi connectivity index (χ0v) is 10.6. The zero-order valence-electron chi connectivity index (χ0n) is 10.6. The lowest BCUT2D eigenvalue weighted by Gasteiger charge is -2.36. The van der Waals surface area contributed by atoms with E-state index in [2.05, 4.69) is 17.3 Å². The van der Waals surface area contributed by atoms with E-state index in [0.717, 1.165) is 25.9 Å². The van der Waals surface area contributed by atoms with Gasteiger partial charge in [0.2, 0.25) is 0 Å². The number of carbonyl (C=O) groups is 1. The number of hydrogen-bond acceptors (Lipinski definition) is 3. The highest BCUT2D eigenvalue weighted by Gasteiger charge is 2.32. The van der Waals surface area contributed by atoms with Crippen molar-refractivity contribution in [3.63, 3.8) is 0 Å². The first-order valence-corrected chi connectivity index (χ1v) is 5.65. The van der Waals surface area contributed by atoms with Gasteiger partial charge in [-0.15, -0.1) is 0 Å². The molecule has 1 saturated heterocycles. The van der Waals surface area contributed by atoms with Gasteiger partial charge in [0.15, 0.2) is 0 Å². The van der Waals surface area contributed by atoms with Crippen LogP contribution < -0.4 is 5.32 Å². The molecule has 1 N–H and O–H groups in total. The molecule has 0 aromatic carbocycles. The molecule has 1 aliphatic rings. The van der Waals surface area contributed by atoms with Gasteiger partial charge < -0.3 is 15.0 Å². The van der Waals surface area contributed by atoms with Gasteiger partial charge >= 0.3 is 6.09 Å². The van der Waals surface area contributed by atoms with Crippen molar-refractivity contribution in [2.24, 2.45) is 0 Å². The van der Waals surface area contributed by atoms with E-state index in [1.807, 2.05) is 20.8 Å². The Morgan fingerprint density at radius 3 is 2.20 bits per heavy atom. The topological polar surface area (TPSA) is 41.6 Å². The number of carbonyl (C=O) groups excluding carboxylic acids is 1. The van der Waals surface area contributed by atoms with Crippen LogP contribution in [0.3, 0.4) is 0 Å². The predicted octanol–water partition coefficient (Wildman–Crippen LogP) is 1.85. The monoisotopic (exact) mass is 216 g/mol. The molecule has 0 radical (unpaired) electrons. The van der Waals surface area contributed by atoms with E-state index in [-0.39, 0.29) is 11.7 Å². The summed E-state index contributed by atoms with van der Waals surface area (Å²) in [6.07, 6.45) is 1.50. The van der Waals surface area contributed by atoms with Crippen LogP contribution in [0, 0.1) is 0 Å². The summed E-state index contributed by atoms with van der Waals surface area (Å²) >= 11 is 0. The van der Waals surface area contributed by atoms with Crippen LogP contribution in [0.15, 0.2) is 0 Å². The van der Waals surface area contributed by atoms with Crippen molar-refractivity contribution in [3.05, 3.63) is 0 Å². The van der Waals surface area contributed by atoms with Crippen molar-refractivity contribution >= 4 is 6.09 Å². The number of rotatable bonds is 1. The molecule has 0 atom stereocenters. The Morgan fingerprint density at radius 2 is 1.80 bits per heavy atom. The average molecular weight is 216 g/mol. The highest BCUT2D eigenvalue weighted by atomic mass is 16.6. The second kappa shape index (κ2) is 6.67. The molecule has 4 nitrogen and oxygen atoms in total. The van der Waals surface area contributed by atoms with E-state index in [1.54, 1.807) is 7.05 Å². The Hall–Kier alpha value is -0.770. The summed E-state index contributed by atoms with van der Waals surface area (Å²) in [5.41, 5.74) is -0.271. The van der Waals surface area contributed by atoms with Crippen LogP contribution in [0.25, 0.3) is 0 Å². The first kappa shape index (κ1) is 14.2. The summed E-state index contributed by atoms with van der Waals surface area (Å²) in [6.45, 7) is 7.98. The molecule has 4 heteroatoms. The van der Waals surface area contributed by atoms with Crippen LogP contribution in [0.4, 0.5) is 4.79 Å². The van der Waals surface area contributed by atoms with Gasteiger partial charge in [0.25, 0.3) is 0 Å². The second-order valence-corrected chi connectivity index (χ2v) is 3.89. The molecule has 0 aromatic rings. The molecular weight excluding hydrogens is 192 g/mol. The summed E-state index contributed by atoms with van der Waals surface area (Å²) in [7, 11) is 3.67. The molecule has 0 saturated carbocycles. The molecule has 1 rings (SSSR count). The molecule has 0 bridgehead atoms. The van der Waals surface area contributed by atoms with Crippen LogP contribution >= 0.6 is 0 Å². The maximum absolute atomic E-state index is 11.0. The van der Waals surface area contributed by atoms with Gasteiger partial charge in [-0.25, -0.2) is 4.79 Å². The molecule has 0 aliphatic carbocycles. The van der Waals surface area contributed by atoms with Crippen LogP contribution in [0.5, 0.6) is 0 Å². The molecule has 1 aliphatic heterocycles. The Balaban J connectivity index is 0.000000921. The molecular formula is C11H24N2O2. The van der Waals surface area contributed by atoms with Crippen molar-refractivity contribution in [1.29, 1.82) is 0 Å². The smallest absolute Gasteiger partial charge is 0.407 e. The van der Waals surface area contributed by atoms with Gasteiger partial charge in [-0.1, -0.05) is 13.8 Å². The van der Waals surface area contributed by atoms with E-state index >= 15 is 0 Å². The Kier molecular flexibility index (Phi) is 6.32. The minimum Gasteiger partial charge on any atom is -0.443 e. The van der Waals surface area contributed by atoms with Crippen molar-refractivity contribution < 1.29 is 9.53 Å². The average Bonchev–Trinajstić information content (AvgIpc) is 2.25. The second-order valence-electron chi connectivity index (χ2n) is 3.89. The lowest BCUT2D eigenvalue weighted by atomic mass is 9.94. The van der Waals surface area contributed by atoms with Crippen LogP contribution in [-0.2, 0) is 4.74 Å². The number of nitrogens with zero attached hydrogens (tertiary/aromatic N) is 1. The first-order valence-electron chi connectivity index (χ1n) is 5.65. The highest BCUT2D eigenvalue weighted by Crippen LogP contribution is 2.24. The number of ether oxygens (including phenoxy) is 1. The Labute approximate surface area is 93.0 Å². The van der Waals surface area contributed by atoms with E-state index in [4.69, 9.17) is 4.74 Å². The fourth-order valence-corrected chi connectivity index (χ4v) is 1.47. The van der Waals surface area contributed by atoms with Gasteiger partial charge in [-0.3, -0.25) is 0 Å². The standard InChI is InChI=1S/C9H18N2O2.C2H6/c1-9(13-8(12)10-2)4-6-11(3)7-5-9;1-2/h4-7H2,1-3H3,(H,10,12);1-2H3. The molecule has 0 spiro atoms. The highest BCUT2D eigenvalue weighted by molar-refractivity contribution is 5.67. The minimum atomic E-state index is -0.327. The molecule has 15 heavy (non-hydrogen) atoms. The van der Waals surface area contributed by atoms with Crippen molar-refractivity contribution in [3.8, 4) is 0 Å². The largest absolute Gasteiger partial charge is 0.443 e. The fraction of sp³-hybridized carbons (Fsp3) is 0.909. The summed E-state index contributed by atoms with van der Waals surface area (Å²) in [6, 6.07) is 0. The number of alkyl carbamates (subject to hydrolysis) is 1. The Morgan fingerprint density at radius 1 is 1.33 bits per heavy atom. The van der Waals surface area contributed by atoms with Crippen molar-refractivity contribution in [1.82, 2.24) is 10.2 Å². The quantitative estimate of drug-likeness (QED) is 0.727. The van der Waals surface area contributed by atoms with Gasteiger partial charge in [0.05, 0.1) is 0 Å². The van der Waals surface area contributed by atoms with Crippen molar-refractivity contribution in [2.45, 2.75) is 39.2 Å². The van der Waals surface area contributed by atoms with Gasteiger partial charge in [-0.05, 0) is 26.8 Å². The Bertz CT molecular complexity index is 187. The van der Waals surface area contributed by atoms with E-state index in [1.165, 1.54) is 0 Å². The molecule has 1 heterocycles. The third-order valence-corrected chi connectivity index (χ3v) is 2.59. The number of amides is 1. The van der Waals surface area contributed by atoms with Gasteiger partial charge in [-0.2, -0.15) is 0 Å². The number of likely N-dealkylation sites (tertiary alicyclic amines) is 1. The lowest BCUT2D eigenvalue weighted by Crippen LogP contribution is -2.45. The van der Waals surface area contributed by atoms with Gasteiger partial charge in [0, 0.05) is 20.1 Å². The van der Waals surface area contributed by atoms with E-state index in [9.17, 15) is 4.79 Å². The third-order valence-electron chi connectivity index (χ3n) is 2.59.